The van der Waals surface area contributed by atoms with Gasteiger partial charge in [0.1, 0.15) is 5.75 Å². The van der Waals surface area contributed by atoms with Crippen LogP contribution in [0.1, 0.15) is 42.4 Å². The second-order valence-electron chi connectivity index (χ2n) is 9.75. The molecular weight excluding hydrogens is 418 g/mol. The van der Waals surface area contributed by atoms with E-state index >= 15 is 0 Å². The zero-order chi connectivity index (χ0) is 23.2. The predicted octanol–water partition coefficient (Wildman–Crippen LogP) is 2.49. The van der Waals surface area contributed by atoms with Crippen LogP contribution in [0.25, 0.3) is 0 Å². The highest BCUT2D eigenvalue weighted by molar-refractivity contribution is 5.94. The van der Waals surface area contributed by atoms with Crippen molar-refractivity contribution in [1.82, 2.24) is 10.2 Å². The molecule has 5 rings (SSSR count). The molecule has 4 atom stereocenters. The number of rotatable bonds is 4. The molecule has 4 N–H and O–H groups in total. The average Bonchev–Trinajstić information content (AvgIpc) is 2.80. The van der Waals surface area contributed by atoms with Crippen LogP contribution in [0.2, 0.25) is 0 Å². The number of ether oxygens (including phenoxy) is 1. The minimum atomic E-state index is -0.969. The van der Waals surface area contributed by atoms with Crippen LogP contribution in [-0.4, -0.2) is 47.2 Å². The first-order valence-corrected chi connectivity index (χ1v) is 11.6. The number of carbonyl (C=O) groups is 2. The Balaban J connectivity index is 1.56. The Kier molecular flexibility index (Phi) is 5.41. The molecule has 7 heteroatoms. The summed E-state index contributed by atoms with van der Waals surface area (Å²) < 4.78 is 5.52. The summed E-state index contributed by atoms with van der Waals surface area (Å²) >= 11 is 0. The molecule has 2 fully saturated rings. The summed E-state index contributed by atoms with van der Waals surface area (Å²) in [6, 6.07) is 15.6. The van der Waals surface area contributed by atoms with E-state index in [0.29, 0.717) is 19.3 Å². The van der Waals surface area contributed by atoms with Gasteiger partial charge in [-0.05, 0) is 67.5 Å². The Hall–Kier alpha value is -2.90. The van der Waals surface area contributed by atoms with Crippen molar-refractivity contribution >= 4 is 11.9 Å². The second kappa shape index (κ2) is 8.15. The zero-order valence-electron chi connectivity index (χ0n) is 18.9. The van der Waals surface area contributed by atoms with Crippen molar-refractivity contribution in [3.8, 4) is 5.75 Å². The van der Waals surface area contributed by atoms with Crippen LogP contribution in [0.3, 0.4) is 0 Å². The first-order valence-electron chi connectivity index (χ1n) is 11.6. The van der Waals surface area contributed by atoms with E-state index in [0.717, 1.165) is 37.2 Å². The summed E-state index contributed by atoms with van der Waals surface area (Å²) in [4.78, 5) is 26.5. The number of fused-ring (bicyclic) bond motifs is 1. The fraction of sp³-hybridized carbons (Fsp3) is 0.462. The zero-order valence-corrected chi connectivity index (χ0v) is 18.9. The smallest absolute Gasteiger partial charge is 0.318 e. The molecule has 2 bridgehead atoms. The lowest BCUT2D eigenvalue weighted by atomic mass is 9.48. The van der Waals surface area contributed by atoms with Gasteiger partial charge in [0.05, 0.1) is 12.7 Å². The first kappa shape index (κ1) is 21.9. The van der Waals surface area contributed by atoms with Crippen LogP contribution in [0.4, 0.5) is 4.79 Å². The summed E-state index contributed by atoms with van der Waals surface area (Å²) in [6.07, 6.45) is 2.98. The third-order valence-electron chi connectivity index (χ3n) is 8.21. The van der Waals surface area contributed by atoms with E-state index in [-0.39, 0.29) is 17.9 Å². The number of urea groups is 1. The Bertz CT molecular complexity index is 1070. The van der Waals surface area contributed by atoms with Gasteiger partial charge >= 0.3 is 6.03 Å². The number of benzene rings is 2. The molecule has 3 unspecified atom stereocenters. The van der Waals surface area contributed by atoms with Gasteiger partial charge in [-0.25, -0.2) is 4.79 Å². The quantitative estimate of drug-likeness (QED) is 0.665. The molecule has 2 aliphatic carbocycles. The molecule has 3 amide bonds. The van der Waals surface area contributed by atoms with E-state index in [9.17, 15) is 14.7 Å². The third kappa shape index (κ3) is 3.50. The highest BCUT2D eigenvalue weighted by Gasteiger charge is 2.65. The maximum absolute atomic E-state index is 12.8. The third-order valence-corrected chi connectivity index (χ3v) is 8.21. The molecule has 1 saturated carbocycles. The number of piperidine rings is 1. The SMILES string of the molecule is COc1ccc2c(c1)[C@@]13CCN(Cc4ccccc4)C(C2)C1(O)CCC(C(=O)NC(N)=O)C3. The summed E-state index contributed by atoms with van der Waals surface area (Å²) in [5, 5.41) is 14.7. The molecule has 1 heterocycles. The number of hydrogen-bond donors (Lipinski definition) is 3. The molecule has 1 saturated heterocycles. The highest BCUT2D eigenvalue weighted by atomic mass is 16.5. The number of methoxy groups -OCH3 is 1. The summed E-state index contributed by atoms with van der Waals surface area (Å²) in [5.41, 5.74) is 7.17. The maximum Gasteiger partial charge on any atom is 0.318 e. The van der Waals surface area contributed by atoms with Gasteiger partial charge in [-0.15, -0.1) is 0 Å². The van der Waals surface area contributed by atoms with E-state index in [4.69, 9.17) is 10.5 Å². The molecule has 0 spiro atoms. The Labute approximate surface area is 193 Å². The lowest BCUT2D eigenvalue weighted by Crippen LogP contribution is -2.73. The van der Waals surface area contributed by atoms with Crippen molar-refractivity contribution in [2.24, 2.45) is 11.7 Å². The fourth-order valence-electron chi connectivity index (χ4n) is 6.67. The van der Waals surface area contributed by atoms with Crippen molar-refractivity contribution in [2.75, 3.05) is 13.7 Å². The fourth-order valence-corrected chi connectivity index (χ4v) is 6.67. The molecule has 0 radical (unpaired) electrons. The van der Waals surface area contributed by atoms with Gasteiger partial charge in [-0.1, -0.05) is 36.4 Å². The van der Waals surface area contributed by atoms with Crippen LogP contribution in [0.15, 0.2) is 48.5 Å². The van der Waals surface area contributed by atoms with Crippen molar-refractivity contribution in [2.45, 2.75) is 55.7 Å². The van der Waals surface area contributed by atoms with Gasteiger partial charge in [0.25, 0.3) is 0 Å². The Morgan fingerprint density at radius 2 is 2.00 bits per heavy atom. The minimum Gasteiger partial charge on any atom is -0.497 e. The van der Waals surface area contributed by atoms with Gasteiger partial charge in [0.2, 0.25) is 5.91 Å². The van der Waals surface area contributed by atoms with E-state index < -0.39 is 17.0 Å². The number of amides is 3. The first-order chi connectivity index (χ1) is 15.9. The van der Waals surface area contributed by atoms with Crippen LogP contribution in [0, 0.1) is 5.92 Å². The number of hydrogen-bond acceptors (Lipinski definition) is 5. The topological polar surface area (TPSA) is 105 Å². The highest BCUT2D eigenvalue weighted by Crippen LogP contribution is 2.59. The molecular formula is C26H31N3O4. The number of nitrogens with two attached hydrogens (primary N) is 1. The number of aliphatic hydroxyl groups is 1. The molecule has 3 aliphatic rings. The van der Waals surface area contributed by atoms with Gasteiger partial charge in [-0.2, -0.15) is 0 Å². The lowest BCUT2D eigenvalue weighted by molar-refractivity contribution is -0.178. The molecule has 2 aromatic carbocycles. The van der Waals surface area contributed by atoms with E-state index in [2.05, 4.69) is 28.4 Å². The van der Waals surface area contributed by atoms with Crippen LogP contribution < -0.4 is 15.8 Å². The van der Waals surface area contributed by atoms with Crippen LogP contribution in [0.5, 0.6) is 5.75 Å². The van der Waals surface area contributed by atoms with Gasteiger partial charge in [0.15, 0.2) is 0 Å². The number of nitrogens with one attached hydrogen (secondary N) is 1. The van der Waals surface area contributed by atoms with Gasteiger partial charge < -0.3 is 15.6 Å². The van der Waals surface area contributed by atoms with Crippen LogP contribution >= 0.6 is 0 Å². The standard InChI is InChI=1S/C26H31N3O4/c1-33-20-8-7-18-13-22-26(32)10-9-19(23(30)28-24(27)31)15-25(26,21(18)14-20)11-12-29(22)16-17-5-3-2-4-6-17/h2-8,14,19,22,32H,9-13,15-16H2,1H3,(H3,27,28,30,31)/t19?,22?,25-,26?/m0/s1. The van der Waals surface area contributed by atoms with E-state index in [1.165, 1.54) is 11.1 Å². The lowest BCUT2D eigenvalue weighted by Gasteiger charge is -2.64. The van der Waals surface area contributed by atoms with E-state index in [1.807, 2.05) is 30.3 Å². The Morgan fingerprint density at radius 3 is 2.73 bits per heavy atom. The number of nitrogens with zero attached hydrogens (tertiary/aromatic N) is 1. The number of primary amides is 1. The van der Waals surface area contributed by atoms with Crippen molar-refractivity contribution in [1.29, 1.82) is 0 Å². The van der Waals surface area contributed by atoms with Crippen molar-refractivity contribution in [3.05, 3.63) is 65.2 Å². The number of likely N-dealkylation sites (tertiary alicyclic amines) is 1. The second-order valence-corrected chi connectivity index (χ2v) is 9.75. The average molecular weight is 450 g/mol. The minimum absolute atomic E-state index is 0.0486. The number of imide groups is 1. The summed E-state index contributed by atoms with van der Waals surface area (Å²) in [5.74, 6) is 0.0211. The van der Waals surface area contributed by atoms with Gasteiger partial charge in [-0.3, -0.25) is 15.0 Å². The van der Waals surface area contributed by atoms with E-state index in [1.54, 1.807) is 7.11 Å². The van der Waals surface area contributed by atoms with Crippen LogP contribution in [-0.2, 0) is 23.2 Å². The molecule has 33 heavy (non-hydrogen) atoms. The monoisotopic (exact) mass is 449 g/mol. The summed E-state index contributed by atoms with van der Waals surface area (Å²) in [6.45, 7) is 1.60. The summed E-state index contributed by atoms with van der Waals surface area (Å²) in [7, 11) is 1.64. The molecule has 0 aromatic heterocycles. The Morgan fingerprint density at radius 1 is 1.21 bits per heavy atom. The molecule has 1 aliphatic heterocycles. The molecule has 174 valence electrons. The van der Waals surface area contributed by atoms with Crippen molar-refractivity contribution < 1.29 is 19.4 Å². The molecule has 2 aromatic rings. The largest absolute Gasteiger partial charge is 0.497 e. The normalized spacial score (nSPS) is 30.6. The molecule has 7 nitrogen and oxygen atoms in total. The maximum atomic E-state index is 12.8. The van der Waals surface area contributed by atoms with Crippen molar-refractivity contribution in [3.63, 3.8) is 0 Å². The number of carbonyl (C=O) groups excluding carboxylic acids is 2. The predicted molar refractivity (Wildman–Crippen MR) is 124 cm³/mol. The van der Waals surface area contributed by atoms with Gasteiger partial charge in [0, 0.05) is 23.9 Å².